The highest BCUT2D eigenvalue weighted by Gasteiger charge is 2.61. The Hall–Kier alpha value is -0.790. The Morgan fingerprint density at radius 3 is 2.43 bits per heavy atom. The van der Waals surface area contributed by atoms with E-state index in [0.717, 1.165) is 0 Å². The number of hydrogen-bond donors (Lipinski definition) is 0. The van der Waals surface area contributed by atoms with Gasteiger partial charge in [0.25, 0.3) is 0 Å². The van der Waals surface area contributed by atoms with Crippen molar-refractivity contribution < 1.29 is 9.53 Å². The van der Waals surface area contributed by atoms with Crippen LogP contribution in [0.5, 0.6) is 0 Å². The van der Waals surface area contributed by atoms with Crippen LogP contribution in [0.15, 0.2) is 11.6 Å². The number of carbonyl (C=O) groups is 1. The first kappa shape index (κ1) is 11.3. The summed E-state index contributed by atoms with van der Waals surface area (Å²) in [5, 5.41) is 0. The summed E-state index contributed by atoms with van der Waals surface area (Å²) in [6, 6.07) is 0. The summed E-state index contributed by atoms with van der Waals surface area (Å²) in [7, 11) is 0. The zero-order valence-corrected chi connectivity index (χ0v) is 9.76. The van der Waals surface area contributed by atoms with Crippen LogP contribution >= 0.6 is 0 Å². The summed E-state index contributed by atoms with van der Waals surface area (Å²) in [5.74, 6) is 0.392. The maximum absolute atomic E-state index is 11.6. The van der Waals surface area contributed by atoms with Crippen LogP contribution in [0.2, 0.25) is 0 Å². The average molecular weight is 196 g/mol. The van der Waals surface area contributed by atoms with Gasteiger partial charge in [-0.15, -0.1) is 0 Å². The zero-order chi connectivity index (χ0) is 10.9. The maximum Gasteiger partial charge on any atom is 0.310 e. The third-order valence-electron chi connectivity index (χ3n) is 2.96. The van der Waals surface area contributed by atoms with Crippen LogP contribution in [0.3, 0.4) is 0 Å². The molecule has 2 heteroatoms. The Morgan fingerprint density at radius 1 is 1.43 bits per heavy atom. The zero-order valence-electron chi connectivity index (χ0n) is 9.76. The molecule has 0 aliphatic heterocycles. The highest BCUT2D eigenvalue weighted by atomic mass is 16.5. The predicted octanol–water partition coefficient (Wildman–Crippen LogP) is 2.79. The molecule has 0 aromatic carbocycles. The van der Waals surface area contributed by atoms with E-state index in [0.29, 0.717) is 12.5 Å². The average Bonchev–Trinajstić information content (AvgIpc) is 2.52. The molecule has 0 bridgehead atoms. The lowest BCUT2D eigenvalue weighted by Gasteiger charge is -2.01. The number of rotatable bonds is 3. The number of allylic oxidation sites excluding steroid dienone is 2. The molecule has 0 aromatic heterocycles. The number of ether oxygens (including phenoxy) is 1. The summed E-state index contributed by atoms with van der Waals surface area (Å²) in [6.07, 6.45) is 2.18. The van der Waals surface area contributed by atoms with Crippen molar-refractivity contribution in [1.82, 2.24) is 0 Å². The first-order valence-corrected chi connectivity index (χ1v) is 5.23. The van der Waals surface area contributed by atoms with E-state index in [9.17, 15) is 4.79 Å². The molecule has 1 aliphatic rings. The second kappa shape index (κ2) is 3.76. The van der Waals surface area contributed by atoms with E-state index in [1.807, 2.05) is 6.92 Å². The summed E-state index contributed by atoms with van der Waals surface area (Å²) in [5.41, 5.74) is 1.36. The highest BCUT2D eigenvalue weighted by Crippen LogP contribution is 2.59. The SMILES string of the molecule is CCOC(=O)[C@@H]1C(C=C(C)C)C1(C)C. The quantitative estimate of drug-likeness (QED) is 0.512. The smallest absolute Gasteiger partial charge is 0.310 e. The molecule has 0 heterocycles. The molecule has 1 fully saturated rings. The monoisotopic (exact) mass is 196 g/mol. The lowest BCUT2D eigenvalue weighted by molar-refractivity contribution is -0.145. The van der Waals surface area contributed by atoms with Crippen LogP contribution in [0.1, 0.15) is 34.6 Å². The number of esters is 1. The van der Waals surface area contributed by atoms with Gasteiger partial charge in [0.1, 0.15) is 0 Å². The second-order valence-corrected chi connectivity index (χ2v) is 4.82. The van der Waals surface area contributed by atoms with Crippen molar-refractivity contribution in [2.45, 2.75) is 34.6 Å². The van der Waals surface area contributed by atoms with Crippen molar-refractivity contribution in [3.8, 4) is 0 Å². The van der Waals surface area contributed by atoms with Gasteiger partial charge in [-0.2, -0.15) is 0 Å². The highest BCUT2D eigenvalue weighted by molar-refractivity contribution is 5.78. The van der Waals surface area contributed by atoms with E-state index >= 15 is 0 Å². The molecule has 1 rings (SSSR count). The fourth-order valence-electron chi connectivity index (χ4n) is 2.03. The summed E-state index contributed by atoms with van der Waals surface area (Å²) in [6.45, 7) is 10.7. The van der Waals surface area contributed by atoms with E-state index < -0.39 is 0 Å². The molecule has 0 amide bonds. The van der Waals surface area contributed by atoms with E-state index in [1.165, 1.54) is 5.57 Å². The molecule has 2 atom stereocenters. The van der Waals surface area contributed by atoms with Crippen molar-refractivity contribution in [1.29, 1.82) is 0 Å². The van der Waals surface area contributed by atoms with E-state index in [2.05, 4.69) is 33.8 Å². The van der Waals surface area contributed by atoms with Gasteiger partial charge in [-0.25, -0.2) is 0 Å². The van der Waals surface area contributed by atoms with Gasteiger partial charge in [-0.3, -0.25) is 4.79 Å². The fourth-order valence-corrected chi connectivity index (χ4v) is 2.03. The molecule has 2 nitrogen and oxygen atoms in total. The molecular formula is C12H20O2. The Morgan fingerprint density at radius 2 is 2.00 bits per heavy atom. The molecular weight excluding hydrogens is 176 g/mol. The van der Waals surface area contributed by atoms with Gasteiger partial charge in [0.15, 0.2) is 0 Å². The van der Waals surface area contributed by atoms with Crippen LogP contribution in [0.4, 0.5) is 0 Å². The summed E-state index contributed by atoms with van der Waals surface area (Å²) in [4.78, 5) is 11.6. The van der Waals surface area contributed by atoms with Gasteiger partial charge in [-0.05, 0) is 32.1 Å². The Kier molecular flexibility index (Phi) is 3.03. The standard InChI is InChI=1S/C12H20O2/c1-6-14-11(13)10-9(7-8(2)3)12(10,4)5/h7,9-10H,6H2,1-5H3/t9?,10-/m0/s1. The van der Waals surface area contributed by atoms with Gasteiger partial charge in [0.05, 0.1) is 12.5 Å². The van der Waals surface area contributed by atoms with Crippen molar-refractivity contribution in [3.05, 3.63) is 11.6 Å². The van der Waals surface area contributed by atoms with Gasteiger partial charge in [-0.1, -0.05) is 25.5 Å². The van der Waals surface area contributed by atoms with E-state index in [1.54, 1.807) is 0 Å². The maximum atomic E-state index is 11.6. The third-order valence-corrected chi connectivity index (χ3v) is 2.96. The van der Waals surface area contributed by atoms with E-state index in [4.69, 9.17) is 4.74 Å². The number of hydrogen-bond acceptors (Lipinski definition) is 2. The van der Waals surface area contributed by atoms with Gasteiger partial charge < -0.3 is 4.74 Å². The molecule has 14 heavy (non-hydrogen) atoms. The molecule has 1 saturated carbocycles. The lowest BCUT2D eigenvalue weighted by Crippen LogP contribution is -2.10. The molecule has 80 valence electrons. The molecule has 1 aliphatic carbocycles. The van der Waals surface area contributed by atoms with Crippen molar-refractivity contribution in [2.24, 2.45) is 17.3 Å². The molecule has 0 N–H and O–H groups in total. The lowest BCUT2D eigenvalue weighted by atomic mass is 10.1. The van der Waals surface area contributed by atoms with Crippen molar-refractivity contribution in [3.63, 3.8) is 0 Å². The first-order chi connectivity index (χ1) is 6.41. The minimum absolute atomic E-state index is 0.0417. The van der Waals surface area contributed by atoms with Crippen LogP contribution < -0.4 is 0 Å². The van der Waals surface area contributed by atoms with Crippen LogP contribution in [0.25, 0.3) is 0 Å². The minimum atomic E-state index is -0.0417. The summed E-state index contributed by atoms with van der Waals surface area (Å²) >= 11 is 0. The molecule has 0 radical (unpaired) electrons. The van der Waals surface area contributed by atoms with Crippen LogP contribution in [-0.4, -0.2) is 12.6 Å². The van der Waals surface area contributed by atoms with Crippen molar-refractivity contribution >= 4 is 5.97 Å². The number of carbonyl (C=O) groups excluding carboxylic acids is 1. The van der Waals surface area contributed by atoms with Gasteiger partial charge in [0.2, 0.25) is 0 Å². The Bertz CT molecular complexity index is 259. The predicted molar refractivity (Wildman–Crippen MR) is 56.8 cm³/mol. The third kappa shape index (κ3) is 1.99. The van der Waals surface area contributed by atoms with Crippen molar-refractivity contribution in [2.75, 3.05) is 6.61 Å². The molecule has 0 spiro atoms. The minimum Gasteiger partial charge on any atom is -0.466 e. The van der Waals surface area contributed by atoms with Crippen LogP contribution in [-0.2, 0) is 9.53 Å². The largest absolute Gasteiger partial charge is 0.466 e. The summed E-state index contributed by atoms with van der Waals surface area (Å²) < 4.78 is 5.05. The topological polar surface area (TPSA) is 26.3 Å². The Balaban J connectivity index is 2.66. The normalized spacial score (nSPS) is 28.1. The van der Waals surface area contributed by atoms with Gasteiger partial charge in [0, 0.05) is 0 Å². The van der Waals surface area contributed by atoms with Crippen LogP contribution in [0, 0.1) is 17.3 Å². The molecule has 0 aromatic rings. The van der Waals surface area contributed by atoms with Gasteiger partial charge >= 0.3 is 5.97 Å². The van der Waals surface area contributed by atoms with E-state index in [-0.39, 0.29) is 17.3 Å². The first-order valence-electron chi connectivity index (χ1n) is 5.23. The molecule has 0 saturated heterocycles. The molecule has 1 unspecified atom stereocenters. The Labute approximate surface area is 86.3 Å². The second-order valence-electron chi connectivity index (χ2n) is 4.82. The fraction of sp³-hybridized carbons (Fsp3) is 0.750.